The van der Waals surface area contributed by atoms with Gasteiger partial charge >= 0.3 is 0 Å². The van der Waals surface area contributed by atoms with E-state index in [9.17, 15) is 0 Å². The number of nitrogens with zero attached hydrogens (tertiary/aromatic N) is 3. The molecular formula is C11H20N4. The lowest BCUT2D eigenvalue weighted by atomic mass is 9.92. The maximum Gasteiger partial charge on any atom is 0.131 e. The van der Waals surface area contributed by atoms with Crippen LogP contribution in [-0.2, 0) is 0 Å². The molecule has 0 amide bonds. The quantitative estimate of drug-likeness (QED) is 0.809. The molecule has 0 bridgehead atoms. The molecule has 2 N–H and O–H groups in total. The van der Waals surface area contributed by atoms with Crippen LogP contribution in [-0.4, -0.2) is 30.6 Å². The Morgan fingerprint density at radius 3 is 2.47 bits per heavy atom. The van der Waals surface area contributed by atoms with Crippen molar-refractivity contribution in [2.24, 2.45) is 11.7 Å². The fraction of sp³-hybridized carbons (Fsp3) is 0.636. The van der Waals surface area contributed by atoms with Crippen molar-refractivity contribution in [2.45, 2.75) is 19.8 Å². The summed E-state index contributed by atoms with van der Waals surface area (Å²) in [4.78, 5) is 10.5. The first kappa shape index (κ1) is 11.9. The molecule has 84 valence electrons. The summed E-state index contributed by atoms with van der Waals surface area (Å²) in [5.41, 5.74) is 6.79. The van der Waals surface area contributed by atoms with Gasteiger partial charge in [-0.3, -0.25) is 0 Å². The minimum Gasteiger partial charge on any atom is -0.363 e. The van der Waals surface area contributed by atoms with E-state index in [-0.39, 0.29) is 0 Å². The second-order valence-electron chi connectivity index (χ2n) is 4.28. The smallest absolute Gasteiger partial charge is 0.131 e. The molecule has 0 fully saturated rings. The maximum atomic E-state index is 5.76. The van der Waals surface area contributed by atoms with E-state index in [1.165, 1.54) is 0 Å². The first-order chi connectivity index (χ1) is 7.06. The van der Waals surface area contributed by atoms with Crippen LogP contribution in [0.4, 0.5) is 5.82 Å². The summed E-state index contributed by atoms with van der Waals surface area (Å²) in [6, 6.07) is 2.01. The summed E-state index contributed by atoms with van der Waals surface area (Å²) >= 11 is 0. The lowest BCUT2D eigenvalue weighted by Crippen LogP contribution is -2.20. The van der Waals surface area contributed by atoms with Gasteiger partial charge in [0.2, 0.25) is 0 Å². The molecule has 1 heterocycles. The summed E-state index contributed by atoms with van der Waals surface area (Å²) in [5, 5.41) is 0. The largest absolute Gasteiger partial charge is 0.363 e. The van der Waals surface area contributed by atoms with Gasteiger partial charge in [0.15, 0.2) is 0 Å². The third kappa shape index (κ3) is 2.89. The summed E-state index contributed by atoms with van der Waals surface area (Å²) in [6.45, 7) is 4.95. The number of aromatic nitrogens is 2. The van der Waals surface area contributed by atoms with Crippen molar-refractivity contribution < 1.29 is 0 Å². The highest BCUT2D eigenvalue weighted by Gasteiger charge is 2.16. The molecule has 0 aromatic carbocycles. The van der Waals surface area contributed by atoms with Gasteiger partial charge in [-0.25, -0.2) is 9.97 Å². The van der Waals surface area contributed by atoms with E-state index in [2.05, 4.69) is 23.8 Å². The number of rotatable bonds is 4. The molecule has 1 atom stereocenters. The number of hydrogen-bond donors (Lipinski definition) is 1. The molecule has 0 aliphatic heterocycles. The average Bonchev–Trinajstić information content (AvgIpc) is 2.18. The Hall–Kier alpha value is -1.16. The highest BCUT2D eigenvalue weighted by molar-refractivity contribution is 5.37. The molecule has 4 heteroatoms. The van der Waals surface area contributed by atoms with Crippen molar-refractivity contribution in [1.82, 2.24) is 9.97 Å². The van der Waals surface area contributed by atoms with Crippen LogP contribution in [0.15, 0.2) is 12.4 Å². The molecule has 0 aliphatic carbocycles. The third-order valence-corrected chi connectivity index (χ3v) is 2.57. The van der Waals surface area contributed by atoms with Crippen LogP contribution in [0.2, 0.25) is 0 Å². The van der Waals surface area contributed by atoms with E-state index in [0.29, 0.717) is 18.4 Å². The van der Waals surface area contributed by atoms with Crippen LogP contribution in [0, 0.1) is 5.92 Å². The monoisotopic (exact) mass is 208 g/mol. The van der Waals surface area contributed by atoms with Crippen molar-refractivity contribution in [3.05, 3.63) is 18.1 Å². The summed E-state index contributed by atoms with van der Waals surface area (Å²) in [7, 11) is 3.94. The van der Waals surface area contributed by atoms with Crippen molar-refractivity contribution in [1.29, 1.82) is 0 Å². The Morgan fingerprint density at radius 2 is 2.00 bits per heavy atom. The van der Waals surface area contributed by atoms with Crippen molar-refractivity contribution in [3.8, 4) is 0 Å². The summed E-state index contributed by atoms with van der Waals surface area (Å²) < 4.78 is 0. The van der Waals surface area contributed by atoms with Crippen LogP contribution >= 0.6 is 0 Å². The van der Waals surface area contributed by atoms with Crippen LogP contribution < -0.4 is 10.6 Å². The molecule has 1 rings (SSSR count). The Kier molecular flexibility index (Phi) is 4.03. The summed E-state index contributed by atoms with van der Waals surface area (Å²) in [6.07, 6.45) is 1.61. The van der Waals surface area contributed by atoms with Gasteiger partial charge in [0.25, 0.3) is 0 Å². The summed E-state index contributed by atoms with van der Waals surface area (Å²) in [5.74, 6) is 1.74. The Morgan fingerprint density at radius 1 is 1.33 bits per heavy atom. The normalized spacial score (nSPS) is 12.9. The van der Waals surface area contributed by atoms with E-state index >= 15 is 0 Å². The number of nitrogens with two attached hydrogens (primary N) is 1. The van der Waals surface area contributed by atoms with Gasteiger partial charge in [-0.1, -0.05) is 13.8 Å². The van der Waals surface area contributed by atoms with Gasteiger partial charge in [-0.15, -0.1) is 0 Å². The van der Waals surface area contributed by atoms with Gasteiger partial charge in [0, 0.05) is 32.6 Å². The molecule has 0 saturated heterocycles. The first-order valence-corrected chi connectivity index (χ1v) is 5.25. The van der Waals surface area contributed by atoms with E-state index in [1.807, 2.05) is 25.1 Å². The van der Waals surface area contributed by atoms with Crippen LogP contribution in [0.5, 0.6) is 0 Å². The van der Waals surface area contributed by atoms with Gasteiger partial charge in [-0.2, -0.15) is 0 Å². The van der Waals surface area contributed by atoms with E-state index in [0.717, 1.165) is 11.5 Å². The highest BCUT2D eigenvalue weighted by atomic mass is 15.1. The molecular weight excluding hydrogens is 188 g/mol. The molecule has 1 unspecified atom stereocenters. The average molecular weight is 208 g/mol. The molecule has 0 saturated carbocycles. The second kappa shape index (κ2) is 5.07. The van der Waals surface area contributed by atoms with Gasteiger partial charge in [0.1, 0.15) is 12.1 Å². The second-order valence-corrected chi connectivity index (χ2v) is 4.28. The Bertz CT molecular complexity index is 309. The molecule has 4 nitrogen and oxygen atoms in total. The zero-order chi connectivity index (χ0) is 11.4. The third-order valence-electron chi connectivity index (χ3n) is 2.57. The minimum absolute atomic E-state index is 0.312. The SMILES string of the molecule is CC(C)C(CN)c1cc(N(C)C)ncn1. The van der Waals surface area contributed by atoms with E-state index in [4.69, 9.17) is 5.73 Å². The van der Waals surface area contributed by atoms with Crippen molar-refractivity contribution in [3.63, 3.8) is 0 Å². The minimum atomic E-state index is 0.312. The number of anilines is 1. The van der Waals surface area contributed by atoms with Crippen LogP contribution in [0.3, 0.4) is 0 Å². The zero-order valence-electron chi connectivity index (χ0n) is 9.94. The molecule has 1 aromatic heterocycles. The van der Waals surface area contributed by atoms with Crippen molar-refractivity contribution >= 4 is 5.82 Å². The van der Waals surface area contributed by atoms with Crippen molar-refractivity contribution in [2.75, 3.05) is 25.5 Å². The predicted molar refractivity (Wildman–Crippen MR) is 63.0 cm³/mol. The molecule has 0 aliphatic rings. The molecule has 15 heavy (non-hydrogen) atoms. The van der Waals surface area contributed by atoms with E-state index in [1.54, 1.807) is 6.33 Å². The van der Waals surface area contributed by atoms with Gasteiger partial charge in [-0.05, 0) is 5.92 Å². The Balaban J connectivity index is 2.98. The molecule has 1 aromatic rings. The van der Waals surface area contributed by atoms with Gasteiger partial charge in [0.05, 0.1) is 5.69 Å². The first-order valence-electron chi connectivity index (χ1n) is 5.25. The fourth-order valence-corrected chi connectivity index (χ4v) is 1.54. The van der Waals surface area contributed by atoms with E-state index < -0.39 is 0 Å². The Labute approximate surface area is 91.5 Å². The maximum absolute atomic E-state index is 5.76. The fourth-order valence-electron chi connectivity index (χ4n) is 1.54. The predicted octanol–water partition coefficient (Wildman–Crippen LogP) is 1.24. The topological polar surface area (TPSA) is 55.0 Å². The van der Waals surface area contributed by atoms with Crippen LogP contribution in [0.1, 0.15) is 25.5 Å². The number of hydrogen-bond acceptors (Lipinski definition) is 4. The lowest BCUT2D eigenvalue weighted by molar-refractivity contribution is 0.495. The standard InChI is InChI=1S/C11H20N4/c1-8(2)9(6-12)10-5-11(15(3)4)14-7-13-10/h5,7-9H,6,12H2,1-4H3. The lowest BCUT2D eigenvalue weighted by Gasteiger charge is -2.19. The highest BCUT2D eigenvalue weighted by Crippen LogP contribution is 2.22. The van der Waals surface area contributed by atoms with Gasteiger partial charge < -0.3 is 10.6 Å². The molecule has 0 spiro atoms. The zero-order valence-corrected chi connectivity index (χ0v) is 9.94. The van der Waals surface area contributed by atoms with Crippen LogP contribution in [0.25, 0.3) is 0 Å². The molecule has 0 radical (unpaired) electrons.